The second-order valence-corrected chi connectivity index (χ2v) is 4.56. The molecule has 0 unspecified atom stereocenters. The summed E-state index contributed by atoms with van der Waals surface area (Å²) in [5.41, 5.74) is 0.337. The topological polar surface area (TPSA) is 29.5 Å². The molecule has 0 saturated carbocycles. The van der Waals surface area contributed by atoms with Gasteiger partial charge in [0.2, 0.25) is 0 Å². The first kappa shape index (κ1) is 13.3. The maximum absolute atomic E-state index is 10.1. The van der Waals surface area contributed by atoms with Crippen LogP contribution in [0, 0.1) is 6.92 Å². The molecule has 3 heteroatoms. The molecule has 0 heterocycles. The molecule has 0 atom stereocenters. The van der Waals surface area contributed by atoms with Gasteiger partial charge in [0.25, 0.3) is 0 Å². The SMILES string of the molecule is CCC(O)(CC)COc1cc(C)ccc1Cl. The monoisotopic (exact) mass is 242 g/mol. The fraction of sp³-hybridized carbons (Fsp3) is 0.538. The van der Waals surface area contributed by atoms with E-state index < -0.39 is 5.60 Å². The first-order valence-electron chi connectivity index (χ1n) is 5.62. The molecular formula is C13H19ClO2. The van der Waals surface area contributed by atoms with Crippen LogP contribution in [0.2, 0.25) is 5.02 Å². The van der Waals surface area contributed by atoms with E-state index in [9.17, 15) is 5.11 Å². The van der Waals surface area contributed by atoms with Gasteiger partial charge in [-0.05, 0) is 37.5 Å². The first-order valence-corrected chi connectivity index (χ1v) is 6.00. The Bertz CT molecular complexity index is 346. The average Bonchev–Trinajstić information content (AvgIpc) is 2.30. The van der Waals surface area contributed by atoms with Crippen molar-refractivity contribution in [2.75, 3.05) is 6.61 Å². The van der Waals surface area contributed by atoms with Crippen molar-refractivity contribution in [1.29, 1.82) is 0 Å². The number of rotatable bonds is 5. The lowest BCUT2D eigenvalue weighted by Gasteiger charge is -2.25. The maximum atomic E-state index is 10.1. The van der Waals surface area contributed by atoms with Gasteiger partial charge in [-0.15, -0.1) is 0 Å². The van der Waals surface area contributed by atoms with E-state index in [-0.39, 0.29) is 6.61 Å². The minimum Gasteiger partial charge on any atom is -0.489 e. The molecule has 90 valence electrons. The Morgan fingerprint density at radius 2 is 1.94 bits per heavy atom. The summed E-state index contributed by atoms with van der Waals surface area (Å²) in [5, 5.41) is 10.7. The summed E-state index contributed by atoms with van der Waals surface area (Å²) in [6.45, 7) is 6.16. The summed E-state index contributed by atoms with van der Waals surface area (Å²) >= 11 is 6.00. The number of aliphatic hydroxyl groups is 1. The highest BCUT2D eigenvalue weighted by Crippen LogP contribution is 2.27. The van der Waals surface area contributed by atoms with Crippen LogP contribution in [0.5, 0.6) is 5.75 Å². The minimum atomic E-state index is -0.757. The molecule has 1 N–H and O–H groups in total. The van der Waals surface area contributed by atoms with E-state index in [1.165, 1.54) is 0 Å². The summed E-state index contributed by atoms with van der Waals surface area (Å²) in [6, 6.07) is 5.62. The van der Waals surface area contributed by atoms with Gasteiger partial charge in [0, 0.05) is 0 Å². The van der Waals surface area contributed by atoms with Crippen molar-refractivity contribution < 1.29 is 9.84 Å². The molecule has 0 amide bonds. The van der Waals surface area contributed by atoms with Crippen LogP contribution in [0.1, 0.15) is 32.3 Å². The summed E-state index contributed by atoms with van der Waals surface area (Å²) < 4.78 is 5.58. The Kier molecular flexibility index (Phi) is 4.63. The lowest BCUT2D eigenvalue weighted by atomic mass is 9.99. The molecule has 16 heavy (non-hydrogen) atoms. The van der Waals surface area contributed by atoms with Crippen LogP contribution >= 0.6 is 11.6 Å². The van der Waals surface area contributed by atoms with Crippen LogP contribution in [0.4, 0.5) is 0 Å². The van der Waals surface area contributed by atoms with Crippen LogP contribution in [0.15, 0.2) is 18.2 Å². The minimum absolute atomic E-state index is 0.281. The Morgan fingerprint density at radius 1 is 1.31 bits per heavy atom. The van der Waals surface area contributed by atoms with Gasteiger partial charge in [0.1, 0.15) is 12.4 Å². The van der Waals surface area contributed by atoms with Gasteiger partial charge in [-0.3, -0.25) is 0 Å². The molecule has 0 saturated heterocycles. The third-order valence-corrected chi connectivity index (χ3v) is 3.21. The van der Waals surface area contributed by atoms with E-state index in [4.69, 9.17) is 16.3 Å². The van der Waals surface area contributed by atoms with E-state index >= 15 is 0 Å². The molecule has 0 bridgehead atoms. The fourth-order valence-electron chi connectivity index (χ4n) is 1.39. The van der Waals surface area contributed by atoms with Crippen LogP contribution in [-0.4, -0.2) is 17.3 Å². The lowest BCUT2D eigenvalue weighted by molar-refractivity contribution is -0.0113. The van der Waals surface area contributed by atoms with Gasteiger partial charge in [-0.1, -0.05) is 31.5 Å². The summed E-state index contributed by atoms with van der Waals surface area (Å²) in [4.78, 5) is 0. The van der Waals surface area contributed by atoms with E-state index in [2.05, 4.69) is 0 Å². The average molecular weight is 243 g/mol. The van der Waals surface area contributed by atoms with Crippen molar-refractivity contribution in [1.82, 2.24) is 0 Å². The van der Waals surface area contributed by atoms with Crippen molar-refractivity contribution in [3.8, 4) is 5.75 Å². The number of aryl methyl sites for hydroxylation is 1. The molecule has 2 nitrogen and oxygen atoms in total. The Balaban J connectivity index is 2.70. The van der Waals surface area contributed by atoms with E-state index in [0.717, 1.165) is 5.56 Å². The number of halogens is 1. The standard InChI is InChI=1S/C13H19ClO2/c1-4-13(15,5-2)9-16-12-8-10(3)6-7-11(12)14/h6-8,15H,4-5,9H2,1-3H3. The van der Waals surface area contributed by atoms with Crippen molar-refractivity contribution >= 4 is 11.6 Å². The van der Waals surface area contributed by atoms with Crippen molar-refractivity contribution in [2.24, 2.45) is 0 Å². The van der Waals surface area contributed by atoms with Crippen molar-refractivity contribution in [3.63, 3.8) is 0 Å². The Labute approximate surface area is 102 Å². The predicted molar refractivity (Wildman–Crippen MR) is 67.2 cm³/mol. The van der Waals surface area contributed by atoms with Gasteiger partial charge in [-0.2, -0.15) is 0 Å². The molecule has 0 aliphatic rings. The molecule has 0 aliphatic carbocycles. The van der Waals surface area contributed by atoms with Crippen molar-refractivity contribution in [3.05, 3.63) is 28.8 Å². The lowest BCUT2D eigenvalue weighted by Crippen LogP contribution is -2.34. The van der Waals surface area contributed by atoms with Gasteiger partial charge < -0.3 is 9.84 Å². The number of ether oxygens (including phenoxy) is 1. The zero-order valence-corrected chi connectivity index (χ0v) is 10.8. The number of benzene rings is 1. The molecule has 0 fully saturated rings. The molecule has 1 rings (SSSR count). The second kappa shape index (κ2) is 5.55. The van der Waals surface area contributed by atoms with E-state index in [1.807, 2.05) is 39.0 Å². The highest BCUT2D eigenvalue weighted by Gasteiger charge is 2.23. The number of hydrogen-bond donors (Lipinski definition) is 1. The van der Waals surface area contributed by atoms with E-state index in [0.29, 0.717) is 23.6 Å². The van der Waals surface area contributed by atoms with Gasteiger partial charge in [-0.25, -0.2) is 0 Å². The summed E-state index contributed by atoms with van der Waals surface area (Å²) in [6.07, 6.45) is 1.35. The van der Waals surface area contributed by atoms with Crippen LogP contribution in [-0.2, 0) is 0 Å². The molecule has 0 spiro atoms. The largest absolute Gasteiger partial charge is 0.489 e. The van der Waals surface area contributed by atoms with Crippen LogP contribution in [0.3, 0.4) is 0 Å². The Morgan fingerprint density at radius 3 is 2.50 bits per heavy atom. The highest BCUT2D eigenvalue weighted by atomic mass is 35.5. The highest BCUT2D eigenvalue weighted by molar-refractivity contribution is 6.32. The molecule has 0 radical (unpaired) electrons. The normalized spacial score (nSPS) is 11.6. The number of hydrogen-bond acceptors (Lipinski definition) is 2. The van der Waals surface area contributed by atoms with Gasteiger partial charge in [0.15, 0.2) is 0 Å². The fourth-order valence-corrected chi connectivity index (χ4v) is 1.56. The molecular weight excluding hydrogens is 224 g/mol. The molecule has 0 aromatic heterocycles. The third kappa shape index (κ3) is 3.39. The molecule has 1 aromatic rings. The smallest absolute Gasteiger partial charge is 0.138 e. The quantitative estimate of drug-likeness (QED) is 0.855. The van der Waals surface area contributed by atoms with E-state index in [1.54, 1.807) is 0 Å². The summed E-state index contributed by atoms with van der Waals surface area (Å²) in [5.74, 6) is 0.641. The van der Waals surface area contributed by atoms with Crippen molar-refractivity contribution in [2.45, 2.75) is 39.2 Å². The molecule has 0 aliphatic heterocycles. The van der Waals surface area contributed by atoms with Crippen LogP contribution in [0.25, 0.3) is 0 Å². The molecule has 1 aromatic carbocycles. The predicted octanol–water partition coefficient (Wildman–Crippen LogP) is 3.58. The second-order valence-electron chi connectivity index (χ2n) is 4.15. The maximum Gasteiger partial charge on any atom is 0.138 e. The Hall–Kier alpha value is -0.730. The summed E-state index contributed by atoms with van der Waals surface area (Å²) in [7, 11) is 0. The third-order valence-electron chi connectivity index (χ3n) is 2.90. The zero-order chi connectivity index (χ0) is 12.2. The van der Waals surface area contributed by atoms with Crippen LogP contribution < -0.4 is 4.74 Å². The van der Waals surface area contributed by atoms with Gasteiger partial charge >= 0.3 is 0 Å². The zero-order valence-electron chi connectivity index (χ0n) is 10.1. The first-order chi connectivity index (χ1) is 7.50. The van der Waals surface area contributed by atoms with Gasteiger partial charge in [0.05, 0.1) is 10.6 Å².